The summed E-state index contributed by atoms with van der Waals surface area (Å²) < 4.78 is 0. The van der Waals surface area contributed by atoms with Gasteiger partial charge in [0.05, 0.1) is 0 Å². The lowest BCUT2D eigenvalue weighted by Crippen LogP contribution is -2.27. The van der Waals surface area contributed by atoms with Crippen LogP contribution in [0.4, 0.5) is 11.6 Å². The van der Waals surface area contributed by atoms with E-state index in [1.54, 1.807) is 0 Å². The van der Waals surface area contributed by atoms with Crippen LogP contribution in [0, 0.1) is 12.8 Å². The van der Waals surface area contributed by atoms with Crippen molar-refractivity contribution in [1.29, 1.82) is 0 Å². The predicted octanol–water partition coefficient (Wildman–Crippen LogP) is 2.82. The van der Waals surface area contributed by atoms with Gasteiger partial charge in [0.1, 0.15) is 17.5 Å². The zero-order chi connectivity index (χ0) is 14.7. The van der Waals surface area contributed by atoms with Crippen LogP contribution in [0.1, 0.15) is 57.3 Å². The molecule has 3 N–H and O–H groups in total. The average Bonchev–Trinajstić information content (AvgIpc) is 2.63. The Morgan fingerprint density at radius 1 is 1.25 bits per heavy atom. The van der Waals surface area contributed by atoms with Gasteiger partial charge in [-0.2, -0.15) is 0 Å². The second-order valence-corrected chi connectivity index (χ2v) is 6.20. The molecular formula is C15H27N5. The third-order valence-electron chi connectivity index (χ3n) is 4.11. The second kappa shape index (κ2) is 6.39. The van der Waals surface area contributed by atoms with Gasteiger partial charge in [-0.3, -0.25) is 0 Å². The molecule has 0 spiro atoms. The lowest BCUT2D eigenvalue weighted by atomic mass is 10.0. The summed E-state index contributed by atoms with van der Waals surface area (Å²) in [6.07, 6.45) is 3.76. The van der Waals surface area contributed by atoms with Gasteiger partial charge in [-0.05, 0) is 32.1 Å². The van der Waals surface area contributed by atoms with Gasteiger partial charge in [-0.15, -0.1) is 0 Å². The summed E-state index contributed by atoms with van der Waals surface area (Å²) in [4.78, 5) is 11.7. The maximum absolute atomic E-state index is 5.61. The Hall–Kier alpha value is -1.36. The number of nitrogens with one attached hydrogen (secondary N) is 1. The summed E-state index contributed by atoms with van der Waals surface area (Å²) in [7, 11) is 0. The third kappa shape index (κ3) is 3.20. The van der Waals surface area contributed by atoms with E-state index in [0.717, 1.165) is 42.0 Å². The highest BCUT2D eigenvalue weighted by molar-refractivity contribution is 5.58. The Kier molecular flexibility index (Phi) is 4.81. The molecule has 0 radical (unpaired) electrons. The molecule has 0 bridgehead atoms. The van der Waals surface area contributed by atoms with Gasteiger partial charge in [-0.25, -0.2) is 15.8 Å². The summed E-state index contributed by atoms with van der Waals surface area (Å²) in [6, 6.07) is 0. The molecule has 1 aromatic rings. The molecule has 0 aliphatic carbocycles. The minimum atomic E-state index is 0.298. The first-order valence-electron chi connectivity index (χ1n) is 7.63. The maximum Gasteiger partial charge on any atom is 0.148 e. The largest absolute Gasteiger partial charge is 0.356 e. The van der Waals surface area contributed by atoms with Crippen LogP contribution in [-0.2, 0) is 0 Å². The summed E-state index contributed by atoms with van der Waals surface area (Å²) >= 11 is 0. The van der Waals surface area contributed by atoms with Gasteiger partial charge in [-0.1, -0.05) is 20.8 Å². The number of hydrazine groups is 1. The van der Waals surface area contributed by atoms with Crippen LogP contribution >= 0.6 is 0 Å². The third-order valence-corrected chi connectivity index (χ3v) is 4.11. The van der Waals surface area contributed by atoms with Crippen molar-refractivity contribution in [2.45, 2.75) is 52.9 Å². The SMILES string of the molecule is Cc1c(NN)nc(C(C)C)nc1N1CCCC(C)CC1. The van der Waals surface area contributed by atoms with E-state index in [1.165, 1.54) is 19.3 Å². The molecule has 0 aromatic carbocycles. The van der Waals surface area contributed by atoms with Crippen molar-refractivity contribution in [3.8, 4) is 0 Å². The summed E-state index contributed by atoms with van der Waals surface area (Å²) in [6.45, 7) is 10.7. The van der Waals surface area contributed by atoms with Crippen LogP contribution < -0.4 is 16.2 Å². The van der Waals surface area contributed by atoms with Gasteiger partial charge in [0, 0.05) is 24.6 Å². The summed E-state index contributed by atoms with van der Waals surface area (Å²) in [5.74, 6) is 9.37. The standard InChI is InChI=1S/C15H27N5/c1-10(2)13-17-14(19-16)12(4)15(18-13)20-8-5-6-11(3)7-9-20/h10-11H,5-9,16H2,1-4H3,(H,17,18,19). The van der Waals surface area contributed by atoms with Crippen molar-refractivity contribution in [3.63, 3.8) is 0 Å². The van der Waals surface area contributed by atoms with E-state index in [1.807, 2.05) is 6.92 Å². The van der Waals surface area contributed by atoms with E-state index < -0.39 is 0 Å². The van der Waals surface area contributed by atoms with Gasteiger partial charge in [0.15, 0.2) is 0 Å². The Labute approximate surface area is 121 Å². The Bertz CT molecular complexity index is 458. The topological polar surface area (TPSA) is 67.1 Å². The molecule has 0 saturated carbocycles. The number of rotatable bonds is 3. The quantitative estimate of drug-likeness (QED) is 0.657. The highest BCUT2D eigenvalue weighted by atomic mass is 15.3. The molecule has 0 amide bonds. The fourth-order valence-electron chi connectivity index (χ4n) is 2.70. The first kappa shape index (κ1) is 15.0. The molecule has 112 valence electrons. The second-order valence-electron chi connectivity index (χ2n) is 6.20. The number of hydrogen-bond donors (Lipinski definition) is 2. The Morgan fingerprint density at radius 2 is 2.00 bits per heavy atom. The fourth-order valence-corrected chi connectivity index (χ4v) is 2.70. The predicted molar refractivity (Wildman–Crippen MR) is 83.9 cm³/mol. The van der Waals surface area contributed by atoms with Crippen LogP contribution in [0.3, 0.4) is 0 Å². The Morgan fingerprint density at radius 3 is 2.65 bits per heavy atom. The van der Waals surface area contributed by atoms with Crippen molar-refractivity contribution in [2.24, 2.45) is 11.8 Å². The highest BCUT2D eigenvalue weighted by Gasteiger charge is 2.20. The number of anilines is 2. The minimum Gasteiger partial charge on any atom is -0.356 e. The smallest absolute Gasteiger partial charge is 0.148 e. The lowest BCUT2D eigenvalue weighted by molar-refractivity contribution is 0.521. The maximum atomic E-state index is 5.61. The van der Waals surface area contributed by atoms with Crippen molar-refractivity contribution in [3.05, 3.63) is 11.4 Å². The van der Waals surface area contributed by atoms with Gasteiger partial charge in [0.2, 0.25) is 0 Å². The first-order chi connectivity index (χ1) is 9.52. The Balaban J connectivity index is 2.36. The van der Waals surface area contributed by atoms with E-state index in [-0.39, 0.29) is 0 Å². The molecule has 1 fully saturated rings. The van der Waals surface area contributed by atoms with E-state index in [0.29, 0.717) is 5.92 Å². The molecule has 2 rings (SSSR count). The number of nitrogens with zero attached hydrogens (tertiary/aromatic N) is 3. The van der Waals surface area contributed by atoms with E-state index in [9.17, 15) is 0 Å². The molecule has 2 heterocycles. The number of aromatic nitrogens is 2. The van der Waals surface area contributed by atoms with Crippen molar-refractivity contribution < 1.29 is 0 Å². The van der Waals surface area contributed by atoms with Crippen molar-refractivity contribution >= 4 is 11.6 Å². The van der Waals surface area contributed by atoms with Crippen molar-refractivity contribution in [1.82, 2.24) is 9.97 Å². The fraction of sp³-hybridized carbons (Fsp3) is 0.733. The first-order valence-corrected chi connectivity index (χ1v) is 7.63. The lowest BCUT2D eigenvalue weighted by Gasteiger charge is -2.25. The van der Waals surface area contributed by atoms with Crippen LogP contribution in [0.5, 0.6) is 0 Å². The molecule has 1 aromatic heterocycles. The summed E-state index contributed by atoms with van der Waals surface area (Å²) in [5.41, 5.74) is 3.76. The van der Waals surface area contributed by atoms with E-state index in [2.05, 4.69) is 36.1 Å². The van der Waals surface area contributed by atoms with Gasteiger partial charge < -0.3 is 10.3 Å². The van der Waals surface area contributed by atoms with Crippen molar-refractivity contribution in [2.75, 3.05) is 23.4 Å². The number of nitrogen functional groups attached to an aromatic ring is 1. The highest BCUT2D eigenvalue weighted by Crippen LogP contribution is 2.28. The average molecular weight is 277 g/mol. The van der Waals surface area contributed by atoms with Gasteiger partial charge in [0.25, 0.3) is 0 Å². The van der Waals surface area contributed by atoms with Crippen LogP contribution in [-0.4, -0.2) is 23.1 Å². The van der Waals surface area contributed by atoms with Crippen LogP contribution in [0.2, 0.25) is 0 Å². The molecule has 1 saturated heterocycles. The zero-order valence-electron chi connectivity index (χ0n) is 13.1. The van der Waals surface area contributed by atoms with Crippen LogP contribution in [0.15, 0.2) is 0 Å². The van der Waals surface area contributed by atoms with Crippen LogP contribution in [0.25, 0.3) is 0 Å². The molecule has 5 heteroatoms. The number of nitrogens with two attached hydrogens (primary N) is 1. The number of hydrogen-bond acceptors (Lipinski definition) is 5. The molecule has 1 atom stereocenters. The monoisotopic (exact) mass is 277 g/mol. The molecule has 5 nitrogen and oxygen atoms in total. The molecule has 1 unspecified atom stereocenters. The van der Waals surface area contributed by atoms with Gasteiger partial charge >= 0.3 is 0 Å². The minimum absolute atomic E-state index is 0.298. The normalized spacial score (nSPS) is 20.1. The molecule has 1 aliphatic rings. The summed E-state index contributed by atoms with van der Waals surface area (Å²) in [5, 5.41) is 0. The molecule has 1 aliphatic heterocycles. The zero-order valence-corrected chi connectivity index (χ0v) is 13.1. The molecule has 20 heavy (non-hydrogen) atoms. The van der Waals surface area contributed by atoms with E-state index >= 15 is 0 Å². The molecular weight excluding hydrogens is 250 g/mol. The van der Waals surface area contributed by atoms with E-state index in [4.69, 9.17) is 10.8 Å².